The fraction of sp³-hybridized carbons (Fsp3) is 0.571. The fourth-order valence-electron chi connectivity index (χ4n) is 0.803. The molecular weight excluding hydrogens is 192 g/mol. The second-order valence-corrected chi connectivity index (χ2v) is 5.06. The van der Waals surface area contributed by atoms with Crippen LogP contribution in [0.3, 0.4) is 0 Å². The number of nitrogens with one attached hydrogen (secondary N) is 1. The molecule has 0 radical (unpaired) electrons. The molecule has 1 aromatic heterocycles. The van der Waals surface area contributed by atoms with Crippen LogP contribution in [0.5, 0.6) is 0 Å². The van der Waals surface area contributed by atoms with Crippen LogP contribution in [0.25, 0.3) is 0 Å². The summed E-state index contributed by atoms with van der Waals surface area (Å²) in [6.07, 6.45) is 2.69. The molecule has 6 heteroatoms. The van der Waals surface area contributed by atoms with Crippen molar-refractivity contribution in [2.75, 3.05) is 18.6 Å². The van der Waals surface area contributed by atoms with Gasteiger partial charge in [0.15, 0.2) is 0 Å². The molecule has 74 valence electrons. The van der Waals surface area contributed by atoms with Crippen LogP contribution >= 0.6 is 0 Å². The Kier molecular flexibility index (Phi) is 3.44. The lowest BCUT2D eigenvalue weighted by Gasteiger charge is -1.99. The second kappa shape index (κ2) is 4.38. The van der Waals surface area contributed by atoms with Gasteiger partial charge in [0.05, 0.1) is 11.4 Å². The van der Waals surface area contributed by atoms with E-state index in [0.717, 1.165) is 5.69 Å². The van der Waals surface area contributed by atoms with Gasteiger partial charge in [0.25, 0.3) is 0 Å². The minimum absolute atomic E-state index is 0.144. The van der Waals surface area contributed by atoms with Gasteiger partial charge in [0.2, 0.25) is 0 Å². The zero-order valence-electron chi connectivity index (χ0n) is 7.36. The third-order valence-electron chi connectivity index (χ3n) is 1.45. The molecule has 0 aliphatic rings. The Labute approximate surface area is 77.0 Å². The first-order valence-corrected chi connectivity index (χ1v) is 5.92. The molecule has 1 rings (SSSR count). The first-order valence-electron chi connectivity index (χ1n) is 3.85. The molecule has 13 heavy (non-hydrogen) atoms. The zero-order valence-corrected chi connectivity index (χ0v) is 8.17. The maximum Gasteiger partial charge on any atom is 0.148 e. The summed E-state index contributed by atoms with van der Waals surface area (Å²) in [5.74, 6) is 0.144. The third-order valence-corrected chi connectivity index (χ3v) is 2.39. The molecule has 5 nitrogen and oxygen atoms in total. The highest BCUT2D eigenvalue weighted by atomic mass is 32.2. The van der Waals surface area contributed by atoms with Crippen molar-refractivity contribution >= 4 is 9.84 Å². The van der Waals surface area contributed by atoms with Crippen LogP contribution in [-0.2, 0) is 16.4 Å². The van der Waals surface area contributed by atoms with Crippen molar-refractivity contribution in [2.45, 2.75) is 6.54 Å². The Morgan fingerprint density at radius 1 is 1.62 bits per heavy atom. The molecule has 1 aromatic rings. The minimum atomic E-state index is -2.87. The van der Waals surface area contributed by atoms with Crippen molar-refractivity contribution in [2.24, 2.45) is 0 Å². The smallest absolute Gasteiger partial charge is 0.148 e. The van der Waals surface area contributed by atoms with Gasteiger partial charge < -0.3 is 9.84 Å². The zero-order chi connectivity index (χ0) is 9.73. The lowest BCUT2D eigenvalue weighted by molar-refractivity contribution is 0.409. The molecule has 0 atom stereocenters. The molecule has 0 fully saturated rings. The molecule has 0 unspecified atom stereocenters. The lowest BCUT2D eigenvalue weighted by Crippen LogP contribution is -2.21. The van der Waals surface area contributed by atoms with Crippen molar-refractivity contribution in [3.05, 3.63) is 18.0 Å². The molecule has 0 bridgehead atoms. The van der Waals surface area contributed by atoms with Gasteiger partial charge in [-0.1, -0.05) is 5.16 Å². The standard InChI is InChI=1S/C7H12N2O3S/c1-13(10,11)5-3-8-6-7-2-4-12-9-7/h2,4,8H,3,5-6H2,1H3. The van der Waals surface area contributed by atoms with E-state index in [1.54, 1.807) is 6.07 Å². The predicted molar refractivity (Wildman–Crippen MR) is 47.9 cm³/mol. The Hall–Kier alpha value is -0.880. The van der Waals surface area contributed by atoms with Crippen molar-refractivity contribution in [1.29, 1.82) is 0 Å². The molecule has 0 aromatic carbocycles. The summed E-state index contributed by atoms with van der Waals surface area (Å²) in [5.41, 5.74) is 0.772. The highest BCUT2D eigenvalue weighted by molar-refractivity contribution is 7.90. The van der Waals surface area contributed by atoms with E-state index in [4.69, 9.17) is 0 Å². The van der Waals surface area contributed by atoms with E-state index < -0.39 is 9.84 Å². The van der Waals surface area contributed by atoms with Crippen molar-refractivity contribution in [3.8, 4) is 0 Å². The average molecular weight is 204 g/mol. The highest BCUT2D eigenvalue weighted by Crippen LogP contribution is 1.92. The second-order valence-electron chi connectivity index (χ2n) is 2.80. The van der Waals surface area contributed by atoms with Gasteiger partial charge in [-0.05, 0) is 0 Å². The van der Waals surface area contributed by atoms with Gasteiger partial charge in [-0.15, -0.1) is 0 Å². The summed E-state index contributed by atoms with van der Waals surface area (Å²) >= 11 is 0. The Morgan fingerprint density at radius 3 is 2.92 bits per heavy atom. The highest BCUT2D eigenvalue weighted by Gasteiger charge is 2.01. The van der Waals surface area contributed by atoms with Crippen LogP contribution in [0.4, 0.5) is 0 Å². The Balaban J connectivity index is 2.16. The molecule has 0 aliphatic carbocycles. The molecule has 0 aliphatic heterocycles. The quantitative estimate of drug-likeness (QED) is 0.673. The first kappa shape index (κ1) is 10.2. The van der Waals surface area contributed by atoms with E-state index in [9.17, 15) is 8.42 Å². The van der Waals surface area contributed by atoms with Gasteiger partial charge in [0.1, 0.15) is 16.1 Å². The number of hydrogen-bond donors (Lipinski definition) is 1. The number of hydrogen-bond acceptors (Lipinski definition) is 5. The Morgan fingerprint density at radius 2 is 2.38 bits per heavy atom. The topological polar surface area (TPSA) is 72.2 Å². The molecule has 0 amide bonds. The molecule has 1 heterocycles. The Bertz CT molecular complexity index is 331. The van der Waals surface area contributed by atoms with Gasteiger partial charge in [-0.3, -0.25) is 0 Å². The largest absolute Gasteiger partial charge is 0.364 e. The van der Waals surface area contributed by atoms with Gasteiger partial charge in [-0.2, -0.15) is 0 Å². The summed E-state index contributed by atoms with van der Waals surface area (Å²) in [6, 6.07) is 1.73. The van der Waals surface area contributed by atoms with Crippen LogP contribution in [0.2, 0.25) is 0 Å². The maximum absolute atomic E-state index is 10.7. The monoisotopic (exact) mass is 204 g/mol. The average Bonchev–Trinajstić information content (AvgIpc) is 2.48. The number of nitrogens with zero attached hydrogens (tertiary/aromatic N) is 1. The van der Waals surface area contributed by atoms with E-state index in [1.165, 1.54) is 12.5 Å². The number of rotatable bonds is 5. The normalized spacial score (nSPS) is 11.8. The summed E-state index contributed by atoms with van der Waals surface area (Å²) in [7, 11) is -2.87. The van der Waals surface area contributed by atoms with Crippen molar-refractivity contribution in [1.82, 2.24) is 10.5 Å². The molecular formula is C7H12N2O3S. The fourth-order valence-corrected chi connectivity index (χ4v) is 1.32. The number of sulfone groups is 1. The molecule has 0 saturated heterocycles. The maximum atomic E-state index is 10.7. The van der Waals surface area contributed by atoms with E-state index in [2.05, 4.69) is 15.0 Å². The number of aromatic nitrogens is 1. The third kappa shape index (κ3) is 4.64. The lowest BCUT2D eigenvalue weighted by atomic mass is 10.4. The van der Waals surface area contributed by atoms with Crippen molar-refractivity contribution < 1.29 is 12.9 Å². The SMILES string of the molecule is CS(=O)(=O)CCNCc1ccon1. The first-order chi connectivity index (χ1) is 6.08. The van der Waals surface area contributed by atoms with Gasteiger partial charge in [0, 0.05) is 25.4 Å². The van der Waals surface area contributed by atoms with Crippen LogP contribution in [0.1, 0.15) is 5.69 Å². The van der Waals surface area contributed by atoms with Gasteiger partial charge in [-0.25, -0.2) is 8.42 Å². The van der Waals surface area contributed by atoms with Crippen LogP contribution in [0.15, 0.2) is 16.9 Å². The van der Waals surface area contributed by atoms with Crippen LogP contribution in [0, 0.1) is 0 Å². The van der Waals surface area contributed by atoms with Gasteiger partial charge >= 0.3 is 0 Å². The van der Waals surface area contributed by atoms with Crippen LogP contribution < -0.4 is 5.32 Å². The van der Waals surface area contributed by atoms with E-state index in [-0.39, 0.29) is 5.75 Å². The molecule has 0 spiro atoms. The van der Waals surface area contributed by atoms with E-state index in [0.29, 0.717) is 13.1 Å². The van der Waals surface area contributed by atoms with Crippen molar-refractivity contribution in [3.63, 3.8) is 0 Å². The predicted octanol–water partition coefficient (Wildman–Crippen LogP) is -0.191. The molecule has 1 N–H and O–H groups in total. The summed E-state index contributed by atoms with van der Waals surface area (Å²) in [5, 5.41) is 6.61. The van der Waals surface area contributed by atoms with E-state index >= 15 is 0 Å². The summed E-state index contributed by atoms with van der Waals surface area (Å²) in [6.45, 7) is 0.970. The minimum Gasteiger partial charge on any atom is -0.364 e. The van der Waals surface area contributed by atoms with E-state index in [1.807, 2.05) is 0 Å². The molecule has 0 saturated carbocycles. The summed E-state index contributed by atoms with van der Waals surface area (Å²) < 4.78 is 26.0. The van der Waals surface area contributed by atoms with Crippen LogP contribution in [-0.4, -0.2) is 32.1 Å². The summed E-state index contributed by atoms with van der Waals surface area (Å²) in [4.78, 5) is 0.